The maximum atomic E-state index is 11.3. The first kappa shape index (κ1) is 11.7. The third-order valence-electron chi connectivity index (χ3n) is 1.84. The van der Waals surface area contributed by atoms with Crippen LogP contribution in [-0.4, -0.2) is 11.9 Å². The first-order chi connectivity index (χ1) is 6.63. The van der Waals surface area contributed by atoms with E-state index in [4.69, 9.17) is 5.73 Å². The molecule has 5 heteroatoms. The van der Waals surface area contributed by atoms with Gasteiger partial charge in [-0.2, -0.15) is 0 Å². The van der Waals surface area contributed by atoms with Crippen molar-refractivity contribution in [3.05, 3.63) is 20.8 Å². The molecule has 1 atom stereocenters. The summed E-state index contributed by atoms with van der Waals surface area (Å²) < 4.78 is 1.07. The van der Waals surface area contributed by atoms with E-state index in [0.717, 1.165) is 8.66 Å². The SMILES string of the molecule is CC[C@H](N)C(=O)NCc1ccc(Br)s1. The van der Waals surface area contributed by atoms with E-state index in [0.29, 0.717) is 13.0 Å². The molecule has 0 fully saturated rings. The Bertz CT molecular complexity index is 314. The normalized spacial score (nSPS) is 12.5. The van der Waals surface area contributed by atoms with Crippen LogP contribution in [0.25, 0.3) is 0 Å². The van der Waals surface area contributed by atoms with Crippen molar-refractivity contribution in [1.29, 1.82) is 0 Å². The molecule has 0 aromatic carbocycles. The summed E-state index contributed by atoms with van der Waals surface area (Å²) in [5.74, 6) is -0.0861. The molecule has 1 aromatic rings. The van der Waals surface area contributed by atoms with Crippen LogP contribution in [0.4, 0.5) is 0 Å². The van der Waals surface area contributed by atoms with Gasteiger partial charge < -0.3 is 11.1 Å². The summed E-state index contributed by atoms with van der Waals surface area (Å²) in [6.07, 6.45) is 0.667. The summed E-state index contributed by atoms with van der Waals surface area (Å²) in [4.78, 5) is 12.4. The van der Waals surface area contributed by atoms with Crippen molar-refractivity contribution in [3.8, 4) is 0 Å². The van der Waals surface area contributed by atoms with Crippen LogP contribution in [0.1, 0.15) is 18.2 Å². The number of nitrogens with one attached hydrogen (secondary N) is 1. The van der Waals surface area contributed by atoms with Gasteiger partial charge in [0.25, 0.3) is 0 Å². The highest BCUT2D eigenvalue weighted by atomic mass is 79.9. The van der Waals surface area contributed by atoms with Crippen LogP contribution >= 0.6 is 27.3 Å². The largest absolute Gasteiger partial charge is 0.350 e. The average Bonchev–Trinajstić information content (AvgIpc) is 2.59. The van der Waals surface area contributed by atoms with Crippen molar-refractivity contribution in [2.45, 2.75) is 25.9 Å². The number of nitrogens with two attached hydrogens (primary N) is 1. The highest BCUT2D eigenvalue weighted by molar-refractivity contribution is 9.11. The minimum Gasteiger partial charge on any atom is -0.350 e. The van der Waals surface area contributed by atoms with Gasteiger partial charge in [0, 0.05) is 4.88 Å². The summed E-state index contributed by atoms with van der Waals surface area (Å²) in [5, 5.41) is 2.79. The zero-order chi connectivity index (χ0) is 10.6. The zero-order valence-electron chi connectivity index (χ0n) is 7.92. The van der Waals surface area contributed by atoms with Crippen LogP contribution in [0.2, 0.25) is 0 Å². The van der Waals surface area contributed by atoms with Gasteiger partial charge in [0.15, 0.2) is 0 Å². The van der Waals surface area contributed by atoms with E-state index >= 15 is 0 Å². The molecule has 0 bridgehead atoms. The molecule has 1 aromatic heterocycles. The lowest BCUT2D eigenvalue weighted by Gasteiger charge is -2.08. The molecule has 0 spiro atoms. The van der Waals surface area contributed by atoms with Gasteiger partial charge in [-0.25, -0.2) is 0 Å². The highest BCUT2D eigenvalue weighted by Crippen LogP contribution is 2.21. The summed E-state index contributed by atoms with van der Waals surface area (Å²) in [6, 6.07) is 3.55. The third-order valence-corrected chi connectivity index (χ3v) is 3.47. The quantitative estimate of drug-likeness (QED) is 0.882. The molecule has 3 N–H and O–H groups in total. The molecular formula is C9H13BrN2OS. The Morgan fingerprint density at radius 2 is 2.43 bits per heavy atom. The molecule has 1 heterocycles. The maximum absolute atomic E-state index is 11.3. The molecular weight excluding hydrogens is 264 g/mol. The third kappa shape index (κ3) is 3.40. The van der Waals surface area contributed by atoms with Crippen molar-refractivity contribution in [2.24, 2.45) is 5.73 Å². The second kappa shape index (κ2) is 5.48. The lowest BCUT2D eigenvalue weighted by Crippen LogP contribution is -2.39. The highest BCUT2D eigenvalue weighted by Gasteiger charge is 2.10. The standard InChI is InChI=1S/C9H13BrN2OS/c1-2-7(11)9(13)12-5-6-3-4-8(10)14-6/h3-4,7H,2,5,11H2,1H3,(H,12,13)/t7-/m0/s1. The van der Waals surface area contributed by atoms with E-state index < -0.39 is 6.04 Å². The molecule has 0 aliphatic heterocycles. The second-order valence-corrected chi connectivity index (χ2v) is 5.49. The van der Waals surface area contributed by atoms with Gasteiger partial charge in [0.2, 0.25) is 5.91 Å². The van der Waals surface area contributed by atoms with Crippen LogP contribution in [0.5, 0.6) is 0 Å². The summed E-state index contributed by atoms with van der Waals surface area (Å²) >= 11 is 4.97. The molecule has 0 saturated carbocycles. The fourth-order valence-corrected chi connectivity index (χ4v) is 2.36. The number of carbonyl (C=O) groups is 1. The molecule has 0 unspecified atom stereocenters. The molecule has 1 amide bonds. The second-order valence-electron chi connectivity index (χ2n) is 2.94. The molecule has 14 heavy (non-hydrogen) atoms. The van der Waals surface area contributed by atoms with Gasteiger partial charge in [-0.3, -0.25) is 4.79 Å². The predicted octanol–water partition coefficient (Wildman–Crippen LogP) is 1.86. The number of thiophene rings is 1. The van der Waals surface area contributed by atoms with Crippen LogP contribution in [0, 0.1) is 0 Å². The van der Waals surface area contributed by atoms with E-state index in [1.54, 1.807) is 11.3 Å². The molecule has 1 rings (SSSR count). The van der Waals surface area contributed by atoms with Gasteiger partial charge in [-0.05, 0) is 34.5 Å². The van der Waals surface area contributed by atoms with Gasteiger partial charge in [-0.1, -0.05) is 6.92 Å². The Morgan fingerprint density at radius 1 is 1.71 bits per heavy atom. The van der Waals surface area contributed by atoms with Crippen molar-refractivity contribution < 1.29 is 4.79 Å². The first-order valence-electron chi connectivity index (χ1n) is 4.41. The van der Waals surface area contributed by atoms with Crippen molar-refractivity contribution in [2.75, 3.05) is 0 Å². The van der Waals surface area contributed by atoms with Crippen LogP contribution in [0.15, 0.2) is 15.9 Å². The van der Waals surface area contributed by atoms with Crippen molar-refractivity contribution >= 4 is 33.2 Å². The fraction of sp³-hybridized carbons (Fsp3) is 0.444. The molecule has 0 aliphatic carbocycles. The molecule has 3 nitrogen and oxygen atoms in total. The predicted molar refractivity (Wildman–Crippen MR) is 62.1 cm³/mol. The Balaban J connectivity index is 2.37. The minimum atomic E-state index is -0.390. The smallest absolute Gasteiger partial charge is 0.237 e. The first-order valence-corrected chi connectivity index (χ1v) is 6.02. The van der Waals surface area contributed by atoms with Gasteiger partial charge in [0.1, 0.15) is 0 Å². The molecule has 0 radical (unpaired) electrons. The lowest BCUT2D eigenvalue weighted by atomic mass is 10.2. The van der Waals surface area contributed by atoms with Gasteiger partial charge >= 0.3 is 0 Å². The number of halogens is 1. The Labute approximate surface area is 95.8 Å². The Hall–Kier alpha value is -0.390. The van der Waals surface area contributed by atoms with E-state index in [2.05, 4.69) is 21.2 Å². The van der Waals surface area contributed by atoms with E-state index in [1.165, 1.54) is 0 Å². The molecule has 78 valence electrons. The van der Waals surface area contributed by atoms with Crippen molar-refractivity contribution in [3.63, 3.8) is 0 Å². The minimum absolute atomic E-state index is 0.0861. The summed E-state index contributed by atoms with van der Waals surface area (Å²) in [5.41, 5.74) is 5.57. The van der Waals surface area contributed by atoms with E-state index in [-0.39, 0.29) is 5.91 Å². The number of hydrogen-bond acceptors (Lipinski definition) is 3. The summed E-state index contributed by atoms with van der Waals surface area (Å²) in [7, 11) is 0. The summed E-state index contributed by atoms with van der Waals surface area (Å²) in [6.45, 7) is 2.45. The van der Waals surface area contributed by atoms with Gasteiger partial charge in [0.05, 0.1) is 16.4 Å². The zero-order valence-corrected chi connectivity index (χ0v) is 10.3. The number of hydrogen-bond donors (Lipinski definition) is 2. The fourth-order valence-electron chi connectivity index (χ4n) is 0.937. The van der Waals surface area contributed by atoms with Crippen molar-refractivity contribution in [1.82, 2.24) is 5.32 Å². The van der Waals surface area contributed by atoms with Crippen LogP contribution < -0.4 is 11.1 Å². The maximum Gasteiger partial charge on any atom is 0.237 e. The van der Waals surface area contributed by atoms with Crippen LogP contribution in [-0.2, 0) is 11.3 Å². The Kier molecular flexibility index (Phi) is 4.57. The van der Waals surface area contributed by atoms with Crippen LogP contribution in [0.3, 0.4) is 0 Å². The monoisotopic (exact) mass is 276 g/mol. The van der Waals surface area contributed by atoms with E-state index in [9.17, 15) is 4.79 Å². The molecule has 0 saturated heterocycles. The van der Waals surface area contributed by atoms with Gasteiger partial charge in [-0.15, -0.1) is 11.3 Å². The van der Waals surface area contributed by atoms with E-state index in [1.807, 2.05) is 19.1 Å². The topological polar surface area (TPSA) is 55.1 Å². The Morgan fingerprint density at radius 3 is 2.93 bits per heavy atom. The molecule has 0 aliphatic rings. The average molecular weight is 277 g/mol. The number of rotatable bonds is 4. The number of carbonyl (C=O) groups excluding carboxylic acids is 1. The lowest BCUT2D eigenvalue weighted by molar-refractivity contribution is -0.122. The number of amides is 1.